The monoisotopic (exact) mass is 360 g/mol. The van der Waals surface area contributed by atoms with Crippen LogP contribution in [0.1, 0.15) is 59.6 Å². The number of hydrogen-bond acceptors (Lipinski definition) is 5. The van der Waals surface area contributed by atoms with Crippen molar-refractivity contribution in [3.05, 3.63) is 45.9 Å². The Labute approximate surface area is 152 Å². The summed E-state index contributed by atoms with van der Waals surface area (Å²) in [5.41, 5.74) is 1.46. The average molecular weight is 360 g/mol. The van der Waals surface area contributed by atoms with Crippen molar-refractivity contribution in [1.29, 1.82) is 0 Å². The van der Waals surface area contributed by atoms with Gasteiger partial charge in [-0.2, -0.15) is 0 Å². The molecule has 1 unspecified atom stereocenters. The van der Waals surface area contributed by atoms with E-state index < -0.39 is 6.10 Å². The largest absolute Gasteiger partial charge is 0.487 e. The minimum Gasteiger partial charge on any atom is -0.487 e. The van der Waals surface area contributed by atoms with Crippen molar-refractivity contribution in [3.63, 3.8) is 0 Å². The predicted octanol–water partition coefficient (Wildman–Crippen LogP) is 3.49. The van der Waals surface area contributed by atoms with Crippen LogP contribution in [0.3, 0.4) is 0 Å². The molecule has 1 aliphatic carbocycles. The minimum atomic E-state index is -0.567. The van der Waals surface area contributed by atoms with Gasteiger partial charge in [-0.15, -0.1) is 11.3 Å². The number of aliphatic hydroxyl groups excluding tert-OH is 1. The fourth-order valence-corrected chi connectivity index (χ4v) is 3.95. The van der Waals surface area contributed by atoms with E-state index in [0.717, 1.165) is 5.69 Å². The smallest absolute Gasteiger partial charge is 0.251 e. The highest BCUT2D eigenvalue weighted by atomic mass is 32.1. The fourth-order valence-electron chi connectivity index (χ4n) is 2.98. The van der Waals surface area contributed by atoms with Crippen LogP contribution in [0.4, 0.5) is 0 Å². The first-order valence-electron chi connectivity index (χ1n) is 8.75. The summed E-state index contributed by atoms with van der Waals surface area (Å²) >= 11 is 1.72. The van der Waals surface area contributed by atoms with E-state index in [9.17, 15) is 9.90 Å². The topological polar surface area (TPSA) is 71.5 Å². The number of aromatic nitrogens is 1. The van der Waals surface area contributed by atoms with Gasteiger partial charge in [0.05, 0.1) is 16.8 Å². The Hall–Kier alpha value is -1.92. The number of carbonyl (C=O) groups is 1. The van der Waals surface area contributed by atoms with Gasteiger partial charge in [0.2, 0.25) is 0 Å². The summed E-state index contributed by atoms with van der Waals surface area (Å²) in [5.74, 6) is 1.04. The van der Waals surface area contributed by atoms with Crippen LogP contribution in [0.25, 0.3) is 0 Å². The molecule has 2 N–H and O–H groups in total. The lowest BCUT2D eigenvalue weighted by molar-refractivity contribution is 0.0923. The maximum atomic E-state index is 12.0. The van der Waals surface area contributed by atoms with Crippen molar-refractivity contribution < 1.29 is 14.6 Å². The van der Waals surface area contributed by atoms with E-state index in [2.05, 4.69) is 10.7 Å². The lowest BCUT2D eigenvalue weighted by Gasteiger charge is -2.09. The lowest BCUT2D eigenvalue weighted by atomic mass is 10.1. The molecule has 2 aromatic rings. The summed E-state index contributed by atoms with van der Waals surface area (Å²) in [6, 6.07) is 7.06. The van der Waals surface area contributed by atoms with Crippen LogP contribution in [-0.4, -0.2) is 28.6 Å². The molecule has 134 valence electrons. The van der Waals surface area contributed by atoms with Gasteiger partial charge in [-0.1, -0.05) is 18.9 Å². The second-order valence-corrected chi connectivity index (χ2v) is 7.42. The van der Waals surface area contributed by atoms with Crippen LogP contribution in [-0.2, 0) is 6.61 Å². The van der Waals surface area contributed by atoms with Crippen molar-refractivity contribution in [3.8, 4) is 5.75 Å². The molecule has 1 aromatic heterocycles. The van der Waals surface area contributed by atoms with Gasteiger partial charge < -0.3 is 15.2 Å². The van der Waals surface area contributed by atoms with Gasteiger partial charge >= 0.3 is 0 Å². The van der Waals surface area contributed by atoms with Crippen LogP contribution < -0.4 is 10.1 Å². The molecule has 1 atom stereocenters. The molecule has 25 heavy (non-hydrogen) atoms. The molecule has 3 rings (SSSR count). The van der Waals surface area contributed by atoms with Crippen molar-refractivity contribution >= 4 is 17.2 Å². The molecule has 1 aromatic carbocycles. The molecule has 0 radical (unpaired) electrons. The second kappa shape index (κ2) is 8.45. The average Bonchev–Trinajstić information content (AvgIpc) is 3.29. The summed E-state index contributed by atoms with van der Waals surface area (Å²) in [7, 11) is 0. The Morgan fingerprint density at radius 1 is 1.44 bits per heavy atom. The quantitative estimate of drug-likeness (QED) is 0.793. The lowest BCUT2D eigenvalue weighted by Crippen LogP contribution is -2.30. The molecule has 6 heteroatoms. The maximum absolute atomic E-state index is 12.0. The SMILES string of the molecule is CC(O)CNC(=O)c1cccc(OCc2csc(C3CCCC3)n2)c1. The number of amides is 1. The van der Waals surface area contributed by atoms with Crippen LogP contribution >= 0.6 is 11.3 Å². The number of hydrogen-bond donors (Lipinski definition) is 2. The molecule has 1 aliphatic rings. The van der Waals surface area contributed by atoms with Crippen molar-refractivity contribution in [2.45, 2.75) is 51.2 Å². The number of thiazole rings is 1. The first kappa shape index (κ1) is 17.9. The summed E-state index contributed by atoms with van der Waals surface area (Å²) in [4.78, 5) is 16.7. The molecule has 0 saturated heterocycles. The number of aliphatic hydroxyl groups is 1. The Balaban J connectivity index is 1.56. The number of nitrogens with zero attached hydrogens (tertiary/aromatic N) is 1. The van der Waals surface area contributed by atoms with E-state index in [1.807, 2.05) is 6.07 Å². The third-order valence-corrected chi connectivity index (χ3v) is 5.37. The van der Waals surface area contributed by atoms with Gasteiger partial charge in [0, 0.05) is 23.4 Å². The summed E-state index contributed by atoms with van der Waals surface area (Å²) in [6.45, 7) is 2.27. The molecular weight excluding hydrogens is 336 g/mol. The standard InChI is InChI=1S/C19H24N2O3S/c1-13(22)10-20-18(23)15-7-4-8-17(9-15)24-11-16-12-25-19(21-16)14-5-2-3-6-14/h4,7-9,12-14,22H,2-3,5-6,10-11H2,1H3,(H,20,23). The van der Waals surface area contributed by atoms with E-state index in [4.69, 9.17) is 9.72 Å². The van der Waals surface area contributed by atoms with Crippen LogP contribution in [0.2, 0.25) is 0 Å². The van der Waals surface area contributed by atoms with Gasteiger partial charge in [0.1, 0.15) is 12.4 Å². The summed E-state index contributed by atoms with van der Waals surface area (Å²) < 4.78 is 5.80. The van der Waals surface area contributed by atoms with E-state index in [0.29, 0.717) is 23.8 Å². The second-order valence-electron chi connectivity index (χ2n) is 6.53. The summed E-state index contributed by atoms with van der Waals surface area (Å²) in [6.07, 6.45) is 4.54. The first-order valence-corrected chi connectivity index (χ1v) is 9.63. The highest BCUT2D eigenvalue weighted by molar-refractivity contribution is 7.09. The Bertz CT molecular complexity index is 708. The Morgan fingerprint density at radius 3 is 3.00 bits per heavy atom. The van der Waals surface area contributed by atoms with Crippen molar-refractivity contribution in [1.82, 2.24) is 10.3 Å². The number of ether oxygens (including phenoxy) is 1. The molecule has 1 saturated carbocycles. The van der Waals surface area contributed by atoms with Gasteiger partial charge in [-0.05, 0) is 38.0 Å². The van der Waals surface area contributed by atoms with Crippen LogP contribution in [0.15, 0.2) is 29.6 Å². The minimum absolute atomic E-state index is 0.219. The van der Waals surface area contributed by atoms with Gasteiger partial charge in [-0.25, -0.2) is 4.98 Å². The third-order valence-electron chi connectivity index (χ3n) is 4.31. The molecule has 0 aliphatic heterocycles. The van der Waals surface area contributed by atoms with Gasteiger partial charge in [0.15, 0.2) is 0 Å². The maximum Gasteiger partial charge on any atom is 0.251 e. The zero-order valence-corrected chi connectivity index (χ0v) is 15.2. The van der Waals surface area contributed by atoms with Crippen molar-refractivity contribution in [2.24, 2.45) is 0 Å². The van der Waals surface area contributed by atoms with Crippen LogP contribution in [0.5, 0.6) is 5.75 Å². The normalized spacial score (nSPS) is 15.9. The number of carbonyl (C=O) groups excluding carboxylic acids is 1. The Kier molecular flexibility index (Phi) is 6.04. The first-order chi connectivity index (χ1) is 12.1. The zero-order chi connectivity index (χ0) is 17.6. The molecule has 1 amide bonds. The molecule has 0 bridgehead atoms. The van der Waals surface area contributed by atoms with E-state index in [1.165, 1.54) is 30.7 Å². The molecular formula is C19H24N2O3S. The van der Waals surface area contributed by atoms with Gasteiger partial charge in [0.25, 0.3) is 5.91 Å². The molecule has 1 fully saturated rings. The summed E-state index contributed by atoms with van der Waals surface area (Å²) in [5, 5.41) is 15.2. The van der Waals surface area contributed by atoms with E-state index in [-0.39, 0.29) is 12.5 Å². The number of rotatable bonds is 7. The zero-order valence-electron chi connectivity index (χ0n) is 14.4. The molecule has 5 nitrogen and oxygen atoms in total. The third kappa shape index (κ3) is 5.03. The Morgan fingerprint density at radius 2 is 2.24 bits per heavy atom. The van der Waals surface area contributed by atoms with Gasteiger partial charge in [-0.3, -0.25) is 4.79 Å². The number of nitrogens with one attached hydrogen (secondary N) is 1. The fraction of sp³-hybridized carbons (Fsp3) is 0.474. The van der Waals surface area contributed by atoms with Crippen molar-refractivity contribution in [2.75, 3.05) is 6.54 Å². The van der Waals surface area contributed by atoms with E-state index in [1.54, 1.807) is 36.5 Å². The number of benzene rings is 1. The van der Waals surface area contributed by atoms with Crippen LogP contribution in [0, 0.1) is 0 Å². The highest BCUT2D eigenvalue weighted by Gasteiger charge is 2.20. The van der Waals surface area contributed by atoms with E-state index >= 15 is 0 Å². The molecule has 0 spiro atoms. The predicted molar refractivity (Wildman–Crippen MR) is 98.1 cm³/mol. The molecule has 1 heterocycles. The highest BCUT2D eigenvalue weighted by Crippen LogP contribution is 2.35.